The second-order valence-electron chi connectivity index (χ2n) is 6.84. The summed E-state index contributed by atoms with van der Waals surface area (Å²) in [6, 6.07) is 0. The molecule has 0 heteroatoms. The molecular weight excluding hydrogens is 180 g/mol. The van der Waals surface area contributed by atoms with Crippen LogP contribution >= 0.6 is 0 Å². The van der Waals surface area contributed by atoms with Crippen LogP contribution in [0.3, 0.4) is 0 Å². The SMILES string of the molecule is CCC(C)C(C)C1CC1C1C2CC(C)C21. The van der Waals surface area contributed by atoms with Crippen molar-refractivity contribution >= 4 is 0 Å². The molecule has 3 fully saturated rings. The summed E-state index contributed by atoms with van der Waals surface area (Å²) in [5, 5.41) is 0. The maximum Gasteiger partial charge on any atom is -0.0318 e. The van der Waals surface area contributed by atoms with Crippen molar-refractivity contribution in [2.45, 2.75) is 47.0 Å². The van der Waals surface area contributed by atoms with Crippen LogP contribution in [0.2, 0.25) is 0 Å². The van der Waals surface area contributed by atoms with E-state index in [9.17, 15) is 0 Å². The maximum absolute atomic E-state index is 2.51. The molecule has 0 nitrogen and oxygen atoms in total. The lowest BCUT2D eigenvalue weighted by Crippen LogP contribution is -2.11. The summed E-state index contributed by atoms with van der Waals surface area (Å²) in [7, 11) is 0. The highest BCUT2D eigenvalue weighted by Crippen LogP contribution is 2.73. The molecule has 0 spiro atoms. The molecule has 3 rings (SSSR count). The summed E-state index contributed by atoms with van der Waals surface area (Å²) in [6.45, 7) is 9.77. The fraction of sp³-hybridized carbons (Fsp3) is 1.00. The Morgan fingerprint density at radius 2 is 1.80 bits per heavy atom. The molecule has 86 valence electrons. The zero-order chi connectivity index (χ0) is 10.7. The van der Waals surface area contributed by atoms with Crippen LogP contribution in [0.5, 0.6) is 0 Å². The van der Waals surface area contributed by atoms with E-state index in [-0.39, 0.29) is 0 Å². The van der Waals surface area contributed by atoms with E-state index in [1.807, 2.05) is 0 Å². The lowest BCUT2D eigenvalue weighted by Gasteiger charge is -2.18. The fourth-order valence-corrected chi connectivity index (χ4v) is 4.61. The second kappa shape index (κ2) is 3.25. The molecule has 0 radical (unpaired) electrons. The van der Waals surface area contributed by atoms with E-state index in [0.717, 1.165) is 29.6 Å². The van der Waals surface area contributed by atoms with Crippen LogP contribution in [-0.2, 0) is 0 Å². The van der Waals surface area contributed by atoms with Crippen LogP contribution in [0, 0.1) is 47.3 Å². The van der Waals surface area contributed by atoms with Gasteiger partial charge in [0.05, 0.1) is 0 Å². The third-order valence-corrected chi connectivity index (χ3v) is 6.20. The van der Waals surface area contributed by atoms with E-state index in [1.165, 1.54) is 24.2 Å². The lowest BCUT2D eigenvalue weighted by atomic mass is 9.87. The number of rotatable bonds is 4. The average Bonchev–Trinajstić information content (AvgIpc) is 3.07. The Labute approximate surface area is 94.8 Å². The molecule has 0 bridgehead atoms. The van der Waals surface area contributed by atoms with Crippen molar-refractivity contribution < 1.29 is 0 Å². The average molecular weight is 206 g/mol. The highest BCUT2D eigenvalue weighted by atomic mass is 14.7. The summed E-state index contributed by atoms with van der Waals surface area (Å²) in [5.41, 5.74) is 0. The normalized spacial score (nSPS) is 55.2. The van der Waals surface area contributed by atoms with Crippen molar-refractivity contribution in [2.75, 3.05) is 0 Å². The molecule has 3 saturated carbocycles. The lowest BCUT2D eigenvalue weighted by molar-refractivity contribution is 0.310. The van der Waals surface area contributed by atoms with Crippen molar-refractivity contribution in [1.82, 2.24) is 0 Å². The summed E-state index contributed by atoms with van der Waals surface area (Å²) >= 11 is 0. The molecule has 3 aliphatic rings. The smallest absolute Gasteiger partial charge is 0.0318 e. The summed E-state index contributed by atoms with van der Waals surface area (Å²) in [5.74, 6) is 8.88. The molecule has 0 aliphatic heterocycles. The van der Waals surface area contributed by atoms with Crippen LogP contribution < -0.4 is 0 Å². The van der Waals surface area contributed by atoms with Gasteiger partial charge < -0.3 is 0 Å². The molecule has 0 aromatic heterocycles. The van der Waals surface area contributed by atoms with E-state index in [2.05, 4.69) is 27.7 Å². The fourth-order valence-electron chi connectivity index (χ4n) is 4.61. The van der Waals surface area contributed by atoms with Crippen molar-refractivity contribution in [2.24, 2.45) is 47.3 Å². The first-order valence-corrected chi connectivity index (χ1v) is 7.15. The Bertz CT molecular complexity index is 249. The van der Waals surface area contributed by atoms with E-state index in [4.69, 9.17) is 0 Å². The molecule has 8 unspecified atom stereocenters. The van der Waals surface area contributed by atoms with Gasteiger partial charge in [0.15, 0.2) is 0 Å². The highest BCUT2D eigenvalue weighted by Gasteiger charge is 2.67. The predicted octanol–water partition coefficient (Wildman–Crippen LogP) is 4.21. The quantitative estimate of drug-likeness (QED) is 0.646. The van der Waals surface area contributed by atoms with Crippen molar-refractivity contribution in [3.63, 3.8) is 0 Å². The van der Waals surface area contributed by atoms with E-state index in [0.29, 0.717) is 0 Å². The zero-order valence-corrected chi connectivity index (χ0v) is 10.7. The van der Waals surface area contributed by atoms with Gasteiger partial charge >= 0.3 is 0 Å². The third kappa shape index (κ3) is 1.40. The van der Waals surface area contributed by atoms with E-state index < -0.39 is 0 Å². The van der Waals surface area contributed by atoms with Gasteiger partial charge in [0, 0.05) is 0 Å². The van der Waals surface area contributed by atoms with Gasteiger partial charge in [0.2, 0.25) is 0 Å². The van der Waals surface area contributed by atoms with Gasteiger partial charge in [-0.3, -0.25) is 0 Å². The molecule has 0 amide bonds. The topological polar surface area (TPSA) is 0 Å². The number of hydrogen-bond acceptors (Lipinski definition) is 0. The van der Waals surface area contributed by atoms with E-state index in [1.54, 1.807) is 12.8 Å². The Kier molecular flexibility index (Phi) is 2.20. The third-order valence-electron chi connectivity index (χ3n) is 6.20. The molecule has 3 aliphatic carbocycles. The van der Waals surface area contributed by atoms with Crippen molar-refractivity contribution in [3.05, 3.63) is 0 Å². The first-order valence-electron chi connectivity index (χ1n) is 7.15. The maximum atomic E-state index is 2.51. The first kappa shape index (κ1) is 10.2. The molecule has 0 N–H and O–H groups in total. The summed E-state index contributed by atoms with van der Waals surface area (Å²) < 4.78 is 0. The largest absolute Gasteiger partial charge is 0.0651 e. The number of fused-ring (bicyclic) bond motifs is 1. The van der Waals surface area contributed by atoms with Crippen molar-refractivity contribution in [3.8, 4) is 0 Å². The van der Waals surface area contributed by atoms with Gasteiger partial charge in [-0.15, -0.1) is 0 Å². The van der Waals surface area contributed by atoms with Gasteiger partial charge in [-0.2, -0.15) is 0 Å². The minimum Gasteiger partial charge on any atom is -0.0651 e. The van der Waals surface area contributed by atoms with Gasteiger partial charge in [-0.1, -0.05) is 34.1 Å². The molecule has 0 aromatic carbocycles. The first-order chi connectivity index (χ1) is 7.15. The molecule has 0 saturated heterocycles. The molecule has 0 heterocycles. The van der Waals surface area contributed by atoms with Gasteiger partial charge in [-0.25, -0.2) is 0 Å². The standard InChI is InChI=1S/C15H26/c1-5-8(2)10(4)11-7-12(11)15-13-6-9(3)14(13)15/h8-15H,5-7H2,1-4H3. The van der Waals surface area contributed by atoms with Crippen LogP contribution in [0.4, 0.5) is 0 Å². The molecular formula is C15H26. The van der Waals surface area contributed by atoms with Crippen LogP contribution in [0.25, 0.3) is 0 Å². The highest BCUT2D eigenvalue weighted by molar-refractivity contribution is 5.15. The second-order valence-corrected chi connectivity index (χ2v) is 6.84. The van der Waals surface area contributed by atoms with E-state index >= 15 is 0 Å². The molecule has 8 atom stereocenters. The summed E-state index contributed by atoms with van der Waals surface area (Å²) in [4.78, 5) is 0. The summed E-state index contributed by atoms with van der Waals surface area (Å²) in [6.07, 6.45) is 4.52. The van der Waals surface area contributed by atoms with Gasteiger partial charge in [-0.05, 0) is 60.2 Å². The minimum atomic E-state index is 0.953. The Morgan fingerprint density at radius 1 is 1.07 bits per heavy atom. The van der Waals surface area contributed by atoms with Crippen LogP contribution in [-0.4, -0.2) is 0 Å². The Hall–Kier alpha value is 0. The molecule has 0 aromatic rings. The van der Waals surface area contributed by atoms with Crippen LogP contribution in [0.1, 0.15) is 47.0 Å². The number of hydrogen-bond donors (Lipinski definition) is 0. The zero-order valence-electron chi connectivity index (χ0n) is 10.7. The van der Waals surface area contributed by atoms with Crippen molar-refractivity contribution in [1.29, 1.82) is 0 Å². The minimum absolute atomic E-state index is 0.953. The van der Waals surface area contributed by atoms with Gasteiger partial charge in [0.25, 0.3) is 0 Å². The van der Waals surface area contributed by atoms with Gasteiger partial charge in [0.1, 0.15) is 0 Å². The monoisotopic (exact) mass is 206 g/mol. The predicted molar refractivity (Wildman–Crippen MR) is 64.5 cm³/mol. The Morgan fingerprint density at radius 3 is 2.27 bits per heavy atom. The van der Waals surface area contributed by atoms with Crippen LogP contribution in [0.15, 0.2) is 0 Å². The molecule has 15 heavy (non-hydrogen) atoms. The Balaban J connectivity index is 1.53.